The highest BCUT2D eigenvalue weighted by molar-refractivity contribution is 5.92. The summed E-state index contributed by atoms with van der Waals surface area (Å²) in [7, 11) is 4.94. The molecule has 0 fully saturated rings. The summed E-state index contributed by atoms with van der Waals surface area (Å²) in [5.74, 6) is 1.11. The van der Waals surface area contributed by atoms with Gasteiger partial charge in [-0.25, -0.2) is 9.67 Å². The van der Waals surface area contributed by atoms with Crippen molar-refractivity contribution in [3.8, 4) is 17.2 Å². The summed E-state index contributed by atoms with van der Waals surface area (Å²) in [6.07, 6.45) is 6.41. The number of rotatable bonds is 7. The van der Waals surface area contributed by atoms with Crippen LogP contribution in [0, 0.1) is 0 Å². The average molecular weight is 392 g/mol. The summed E-state index contributed by atoms with van der Waals surface area (Å²) >= 11 is 0. The lowest BCUT2D eigenvalue weighted by Gasteiger charge is -2.24. The van der Waals surface area contributed by atoms with Gasteiger partial charge in [0.25, 0.3) is 0 Å². The molecule has 0 aliphatic heterocycles. The molecule has 0 bridgehead atoms. The number of carbonyl (C=O) groups excluding carboxylic acids is 1. The topological polar surface area (TPSA) is 69.5 Å². The first kappa shape index (κ1) is 20.1. The van der Waals surface area contributed by atoms with E-state index in [-0.39, 0.29) is 11.9 Å². The van der Waals surface area contributed by atoms with Crippen LogP contribution < -0.4 is 9.47 Å². The number of carbonyl (C=O) groups is 1. The highest BCUT2D eigenvalue weighted by Crippen LogP contribution is 2.31. The second-order valence-electron chi connectivity index (χ2n) is 6.47. The lowest BCUT2D eigenvalue weighted by molar-refractivity contribution is -0.126. The third-order valence-electron chi connectivity index (χ3n) is 4.83. The zero-order chi connectivity index (χ0) is 20.8. The zero-order valence-electron chi connectivity index (χ0n) is 16.9. The summed E-state index contributed by atoms with van der Waals surface area (Å²) < 4.78 is 12.4. The number of nitrogens with zero attached hydrogens (tertiary/aromatic N) is 4. The summed E-state index contributed by atoms with van der Waals surface area (Å²) in [6.45, 7) is 1.99. The molecule has 0 N–H and O–H groups in total. The Morgan fingerprint density at radius 1 is 1.14 bits per heavy atom. The molecule has 1 aromatic heterocycles. The molecule has 0 aliphatic rings. The molecule has 3 aromatic rings. The summed E-state index contributed by atoms with van der Waals surface area (Å²) in [4.78, 5) is 18.3. The molecule has 0 radical (unpaired) electrons. The van der Waals surface area contributed by atoms with Crippen molar-refractivity contribution in [2.45, 2.75) is 13.0 Å². The molecule has 0 spiro atoms. The van der Waals surface area contributed by atoms with Gasteiger partial charge in [0.05, 0.1) is 25.9 Å². The van der Waals surface area contributed by atoms with Crippen LogP contribution in [0.3, 0.4) is 0 Å². The van der Waals surface area contributed by atoms with Gasteiger partial charge in [0.2, 0.25) is 5.91 Å². The number of amides is 1. The van der Waals surface area contributed by atoms with Gasteiger partial charge in [-0.2, -0.15) is 5.10 Å². The smallest absolute Gasteiger partial charge is 0.246 e. The van der Waals surface area contributed by atoms with E-state index in [0.29, 0.717) is 11.5 Å². The van der Waals surface area contributed by atoms with Crippen molar-refractivity contribution in [1.29, 1.82) is 0 Å². The highest BCUT2D eigenvalue weighted by atomic mass is 16.5. The van der Waals surface area contributed by atoms with E-state index in [0.717, 1.165) is 16.8 Å². The van der Waals surface area contributed by atoms with Gasteiger partial charge in [-0.15, -0.1) is 0 Å². The number of ether oxygens (including phenoxy) is 2. The lowest BCUT2D eigenvalue weighted by Crippen LogP contribution is -2.28. The number of benzene rings is 2. The molecule has 0 saturated heterocycles. The van der Waals surface area contributed by atoms with E-state index in [1.54, 1.807) is 43.3 Å². The van der Waals surface area contributed by atoms with Crippen molar-refractivity contribution in [2.24, 2.45) is 0 Å². The molecule has 7 nitrogen and oxygen atoms in total. The van der Waals surface area contributed by atoms with Gasteiger partial charge in [0.1, 0.15) is 12.7 Å². The van der Waals surface area contributed by atoms with Crippen molar-refractivity contribution in [2.75, 3.05) is 21.3 Å². The normalized spacial score (nSPS) is 12.0. The van der Waals surface area contributed by atoms with E-state index in [9.17, 15) is 4.79 Å². The van der Waals surface area contributed by atoms with E-state index in [2.05, 4.69) is 10.1 Å². The Balaban J connectivity index is 1.72. The van der Waals surface area contributed by atoms with Crippen LogP contribution in [-0.2, 0) is 4.79 Å². The van der Waals surface area contributed by atoms with Crippen molar-refractivity contribution in [3.63, 3.8) is 0 Å². The second kappa shape index (κ2) is 9.05. The van der Waals surface area contributed by atoms with Crippen LogP contribution in [-0.4, -0.2) is 46.8 Å². The molecule has 0 unspecified atom stereocenters. The third-order valence-corrected chi connectivity index (χ3v) is 4.83. The maximum Gasteiger partial charge on any atom is 0.246 e. The molecule has 3 rings (SSSR count). The third kappa shape index (κ3) is 4.45. The van der Waals surface area contributed by atoms with E-state index < -0.39 is 0 Å². The summed E-state index contributed by atoms with van der Waals surface area (Å²) in [5.41, 5.74) is 2.72. The number of hydrogen-bond donors (Lipinski definition) is 0. The molecule has 0 aliphatic carbocycles. The number of aromatic nitrogens is 3. The van der Waals surface area contributed by atoms with Gasteiger partial charge in [0, 0.05) is 18.7 Å². The van der Waals surface area contributed by atoms with E-state index in [4.69, 9.17) is 9.47 Å². The standard InChI is InChI=1S/C22H24N4O3/c1-16(17-8-11-19(12-9-17)26-15-23-14-24-26)25(2)21(27)13-10-18-6-5-7-20(28-3)22(18)29-4/h5-16H,1-4H3/b13-10+/t16-/m0/s1. The minimum Gasteiger partial charge on any atom is -0.493 e. The largest absolute Gasteiger partial charge is 0.493 e. The van der Waals surface area contributed by atoms with Crippen LogP contribution in [0.4, 0.5) is 0 Å². The van der Waals surface area contributed by atoms with Crippen LogP contribution >= 0.6 is 0 Å². The minimum atomic E-state index is -0.109. The van der Waals surface area contributed by atoms with Gasteiger partial charge in [-0.3, -0.25) is 4.79 Å². The SMILES string of the molecule is COc1cccc(/C=C/C(=O)N(C)[C@@H](C)c2ccc(-n3cncn3)cc2)c1OC. The number of para-hydroxylation sites is 1. The molecular formula is C22H24N4O3. The fourth-order valence-corrected chi connectivity index (χ4v) is 2.98. The van der Waals surface area contributed by atoms with Crippen LogP contribution in [0.1, 0.15) is 24.1 Å². The molecule has 1 amide bonds. The zero-order valence-corrected chi connectivity index (χ0v) is 16.9. The predicted molar refractivity (Wildman–Crippen MR) is 111 cm³/mol. The number of likely N-dealkylation sites (N-methyl/N-ethyl adjacent to an activating group) is 1. The maximum atomic E-state index is 12.7. The minimum absolute atomic E-state index is 0.0934. The number of hydrogen-bond acceptors (Lipinski definition) is 5. The first-order chi connectivity index (χ1) is 14.0. The molecule has 29 heavy (non-hydrogen) atoms. The summed E-state index contributed by atoms with van der Waals surface area (Å²) in [6, 6.07) is 13.3. The van der Waals surface area contributed by atoms with Gasteiger partial charge < -0.3 is 14.4 Å². The average Bonchev–Trinajstić information content (AvgIpc) is 3.31. The molecule has 0 saturated carbocycles. The Bertz CT molecular complexity index is 982. The molecular weight excluding hydrogens is 368 g/mol. The van der Waals surface area contributed by atoms with Gasteiger partial charge >= 0.3 is 0 Å². The molecule has 1 heterocycles. The van der Waals surface area contributed by atoms with Gasteiger partial charge in [-0.05, 0) is 36.8 Å². The van der Waals surface area contributed by atoms with E-state index >= 15 is 0 Å². The van der Waals surface area contributed by atoms with Crippen LogP contribution in [0.2, 0.25) is 0 Å². The van der Waals surface area contributed by atoms with Gasteiger partial charge in [0.15, 0.2) is 11.5 Å². The van der Waals surface area contributed by atoms with E-state index in [1.165, 1.54) is 12.4 Å². The Morgan fingerprint density at radius 3 is 2.52 bits per heavy atom. The predicted octanol–water partition coefficient (Wildman–Crippen LogP) is 3.52. The quantitative estimate of drug-likeness (QED) is 0.576. The Labute approximate surface area is 170 Å². The highest BCUT2D eigenvalue weighted by Gasteiger charge is 2.16. The van der Waals surface area contributed by atoms with Crippen LogP contribution in [0.5, 0.6) is 11.5 Å². The fraction of sp³-hybridized carbons (Fsp3) is 0.227. The van der Waals surface area contributed by atoms with Crippen LogP contribution in [0.25, 0.3) is 11.8 Å². The van der Waals surface area contributed by atoms with Gasteiger partial charge in [-0.1, -0.05) is 24.3 Å². The first-order valence-electron chi connectivity index (χ1n) is 9.16. The number of methoxy groups -OCH3 is 2. The van der Waals surface area contributed by atoms with Crippen molar-refractivity contribution in [3.05, 3.63) is 72.3 Å². The monoisotopic (exact) mass is 392 g/mol. The Morgan fingerprint density at radius 2 is 1.90 bits per heavy atom. The van der Waals surface area contributed by atoms with E-state index in [1.807, 2.05) is 49.4 Å². The fourth-order valence-electron chi connectivity index (χ4n) is 2.98. The molecule has 1 atom stereocenters. The van der Waals surface area contributed by atoms with Crippen LogP contribution in [0.15, 0.2) is 61.2 Å². The Kier molecular flexibility index (Phi) is 6.29. The summed E-state index contributed by atoms with van der Waals surface area (Å²) in [5, 5.41) is 4.12. The van der Waals surface area contributed by atoms with Crippen molar-refractivity contribution < 1.29 is 14.3 Å². The maximum absolute atomic E-state index is 12.7. The van der Waals surface area contributed by atoms with Crippen molar-refractivity contribution in [1.82, 2.24) is 19.7 Å². The molecule has 150 valence electrons. The second-order valence-corrected chi connectivity index (χ2v) is 6.47. The molecule has 7 heteroatoms. The molecule has 2 aromatic carbocycles. The Hall–Kier alpha value is -3.61. The lowest BCUT2D eigenvalue weighted by atomic mass is 10.1. The van der Waals surface area contributed by atoms with Crippen molar-refractivity contribution >= 4 is 12.0 Å². The first-order valence-corrected chi connectivity index (χ1v) is 9.16.